The van der Waals surface area contributed by atoms with Crippen LogP contribution < -0.4 is 0 Å². The second-order valence-electron chi connectivity index (χ2n) is 3.29. The summed E-state index contributed by atoms with van der Waals surface area (Å²) in [7, 11) is 0. The summed E-state index contributed by atoms with van der Waals surface area (Å²) in [5.41, 5.74) is 2.35. The van der Waals surface area contributed by atoms with Crippen LogP contribution in [-0.2, 0) is 0 Å². The average Bonchev–Trinajstić information content (AvgIpc) is 2.73. The largest absolute Gasteiger partial charge is 0.232 e. The van der Waals surface area contributed by atoms with E-state index in [1.165, 1.54) is 6.20 Å². The maximum atomic E-state index is 5.76. The molecule has 0 amide bonds. The van der Waals surface area contributed by atoms with Crippen molar-refractivity contribution in [1.82, 2.24) is 19.7 Å². The first-order valence-electron chi connectivity index (χ1n) is 4.76. The zero-order valence-corrected chi connectivity index (χ0v) is 8.96. The van der Waals surface area contributed by atoms with Crippen LogP contribution in [0.1, 0.15) is 0 Å². The lowest BCUT2D eigenvalue weighted by molar-refractivity contribution is 0.897. The molecule has 0 bridgehead atoms. The van der Waals surface area contributed by atoms with E-state index in [2.05, 4.69) is 15.1 Å². The topological polar surface area (TPSA) is 43.6 Å². The van der Waals surface area contributed by atoms with E-state index in [1.54, 1.807) is 10.9 Å². The highest BCUT2D eigenvalue weighted by Gasteiger charge is 2.06. The predicted octanol–water partition coefficient (Wildman–Crippen LogP) is 2.47. The van der Waals surface area contributed by atoms with Crippen molar-refractivity contribution in [2.24, 2.45) is 0 Å². The summed E-state index contributed by atoms with van der Waals surface area (Å²) in [5.74, 6) is 0. The molecular weight excluding hydrogens is 224 g/mol. The van der Waals surface area contributed by atoms with Gasteiger partial charge in [-0.15, -0.1) is 0 Å². The smallest absolute Gasteiger partial charge is 0.181 e. The molecule has 78 valence electrons. The number of para-hydroxylation sites is 1. The lowest BCUT2D eigenvalue weighted by atomic mass is 10.3. The lowest BCUT2D eigenvalue weighted by Gasteiger charge is -2.01. The van der Waals surface area contributed by atoms with Crippen molar-refractivity contribution in [3.05, 3.63) is 47.9 Å². The van der Waals surface area contributed by atoms with Crippen molar-refractivity contribution >= 4 is 22.8 Å². The molecule has 0 fully saturated rings. The Balaban J connectivity index is 2.26. The second kappa shape index (κ2) is 3.57. The van der Waals surface area contributed by atoms with Crippen LogP contribution in [0.15, 0.2) is 42.7 Å². The quantitative estimate of drug-likeness (QED) is 0.645. The van der Waals surface area contributed by atoms with Crippen LogP contribution in [0.3, 0.4) is 0 Å². The van der Waals surface area contributed by atoms with Crippen LogP contribution in [0.2, 0.25) is 5.15 Å². The Morgan fingerprint density at radius 2 is 1.88 bits per heavy atom. The van der Waals surface area contributed by atoms with Crippen molar-refractivity contribution in [3.8, 4) is 5.69 Å². The van der Waals surface area contributed by atoms with E-state index in [0.717, 1.165) is 5.69 Å². The van der Waals surface area contributed by atoms with Crippen molar-refractivity contribution in [1.29, 1.82) is 0 Å². The first-order valence-corrected chi connectivity index (χ1v) is 5.14. The minimum atomic E-state index is 0.375. The van der Waals surface area contributed by atoms with Crippen LogP contribution in [0, 0.1) is 0 Å². The fourth-order valence-corrected chi connectivity index (χ4v) is 1.69. The van der Waals surface area contributed by atoms with Gasteiger partial charge in [0, 0.05) is 0 Å². The third-order valence-corrected chi connectivity index (χ3v) is 2.43. The van der Waals surface area contributed by atoms with Crippen LogP contribution >= 0.6 is 11.6 Å². The summed E-state index contributed by atoms with van der Waals surface area (Å²) in [5, 5.41) is 4.61. The molecule has 3 aromatic rings. The zero-order chi connectivity index (χ0) is 11.0. The van der Waals surface area contributed by atoms with E-state index in [-0.39, 0.29) is 0 Å². The van der Waals surface area contributed by atoms with Crippen LogP contribution in [0.25, 0.3) is 16.9 Å². The molecule has 0 unspecified atom stereocenters. The fraction of sp³-hybridized carbons (Fsp3) is 0. The van der Waals surface area contributed by atoms with Gasteiger partial charge in [0.05, 0.1) is 18.1 Å². The molecule has 0 saturated heterocycles. The van der Waals surface area contributed by atoms with Gasteiger partial charge in [-0.25, -0.2) is 14.6 Å². The van der Waals surface area contributed by atoms with Gasteiger partial charge >= 0.3 is 0 Å². The SMILES string of the molecule is Clc1cnc2c(cnn2-c2ccccc2)n1. The Hall–Kier alpha value is -1.94. The number of benzene rings is 1. The molecule has 3 rings (SSSR count). The zero-order valence-electron chi connectivity index (χ0n) is 8.21. The molecule has 0 N–H and O–H groups in total. The normalized spacial score (nSPS) is 10.8. The highest BCUT2D eigenvalue weighted by Crippen LogP contribution is 2.15. The fourth-order valence-electron chi connectivity index (χ4n) is 1.55. The van der Waals surface area contributed by atoms with E-state index >= 15 is 0 Å². The van der Waals surface area contributed by atoms with Gasteiger partial charge in [-0.3, -0.25) is 0 Å². The Morgan fingerprint density at radius 3 is 2.69 bits per heavy atom. The van der Waals surface area contributed by atoms with E-state index < -0.39 is 0 Å². The number of hydrogen-bond acceptors (Lipinski definition) is 3. The standard InChI is InChI=1S/C11H7ClN4/c12-10-7-13-11-9(15-10)6-14-16(11)8-4-2-1-3-5-8/h1-7H. The molecule has 2 aromatic heterocycles. The third kappa shape index (κ3) is 1.44. The number of hydrogen-bond donors (Lipinski definition) is 0. The predicted molar refractivity (Wildman–Crippen MR) is 61.7 cm³/mol. The minimum absolute atomic E-state index is 0.375. The maximum absolute atomic E-state index is 5.76. The number of halogens is 1. The first kappa shape index (κ1) is 9.30. The monoisotopic (exact) mass is 230 g/mol. The van der Waals surface area contributed by atoms with Gasteiger partial charge < -0.3 is 0 Å². The molecule has 0 radical (unpaired) electrons. The Kier molecular flexibility index (Phi) is 2.08. The molecule has 0 aliphatic heterocycles. The first-order chi connectivity index (χ1) is 7.84. The van der Waals surface area contributed by atoms with Gasteiger partial charge in [0.25, 0.3) is 0 Å². The van der Waals surface area contributed by atoms with Gasteiger partial charge in [-0.2, -0.15) is 5.10 Å². The molecule has 0 aliphatic carbocycles. The molecule has 0 aliphatic rings. The highest BCUT2D eigenvalue weighted by molar-refractivity contribution is 6.29. The summed E-state index contributed by atoms with van der Waals surface area (Å²) >= 11 is 5.76. The van der Waals surface area contributed by atoms with Crippen molar-refractivity contribution in [3.63, 3.8) is 0 Å². The van der Waals surface area contributed by atoms with Gasteiger partial charge in [0.15, 0.2) is 5.65 Å². The number of fused-ring (bicyclic) bond motifs is 1. The molecular formula is C11H7ClN4. The van der Waals surface area contributed by atoms with Gasteiger partial charge in [-0.1, -0.05) is 29.8 Å². The van der Waals surface area contributed by atoms with Crippen molar-refractivity contribution in [2.75, 3.05) is 0 Å². The molecule has 4 nitrogen and oxygen atoms in total. The Morgan fingerprint density at radius 1 is 1.06 bits per heavy atom. The summed E-state index contributed by atoms with van der Waals surface area (Å²) in [6.07, 6.45) is 3.17. The highest BCUT2D eigenvalue weighted by atomic mass is 35.5. The van der Waals surface area contributed by atoms with Crippen molar-refractivity contribution in [2.45, 2.75) is 0 Å². The van der Waals surface area contributed by atoms with E-state index in [0.29, 0.717) is 16.3 Å². The lowest BCUT2D eigenvalue weighted by Crippen LogP contribution is -1.97. The summed E-state index contributed by atoms with van der Waals surface area (Å²) in [6, 6.07) is 9.78. The van der Waals surface area contributed by atoms with Gasteiger partial charge in [0.1, 0.15) is 10.7 Å². The van der Waals surface area contributed by atoms with Crippen molar-refractivity contribution < 1.29 is 0 Å². The molecule has 0 saturated carbocycles. The number of rotatable bonds is 1. The summed E-state index contributed by atoms with van der Waals surface area (Å²) < 4.78 is 1.73. The van der Waals surface area contributed by atoms with E-state index in [1.807, 2.05) is 30.3 Å². The van der Waals surface area contributed by atoms with Crippen LogP contribution in [0.4, 0.5) is 0 Å². The summed E-state index contributed by atoms with van der Waals surface area (Å²) in [4.78, 5) is 8.36. The van der Waals surface area contributed by atoms with Gasteiger partial charge in [0.2, 0.25) is 0 Å². The summed E-state index contributed by atoms with van der Waals surface area (Å²) in [6.45, 7) is 0. The second-order valence-corrected chi connectivity index (χ2v) is 3.68. The average molecular weight is 231 g/mol. The van der Waals surface area contributed by atoms with Crippen LogP contribution in [-0.4, -0.2) is 19.7 Å². The Bertz CT molecular complexity index is 633. The van der Waals surface area contributed by atoms with Gasteiger partial charge in [-0.05, 0) is 12.1 Å². The molecule has 0 atom stereocenters. The third-order valence-electron chi connectivity index (χ3n) is 2.25. The van der Waals surface area contributed by atoms with E-state index in [9.17, 15) is 0 Å². The van der Waals surface area contributed by atoms with Crippen LogP contribution in [0.5, 0.6) is 0 Å². The molecule has 16 heavy (non-hydrogen) atoms. The molecule has 5 heteroatoms. The number of aromatic nitrogens is 4. The molecule has 1 aromatic carbocycles. The minimum Gasteiger partial charge on any atom is -0.232 e. The molecule has 2 heterocycles. The number of nitrogens with zero attached hydrogens (tertiary/aromatic N) is 4. The van der Waals surface area contributed by atoms with E-state index in [4.69, 9.17) is 11.6 Å². The Labute approximate surface area is 96.5 Å². The maximum Gasteiger partial charge on any atom is 0.181 e. The molecule has 0 spiro atoms.